The van der Waals surface area contributed by atoms with E-state index in [1.54, 1.807) is 20.8 Å². The number of aryl methyl sites for hydroxylation is 1. The first-order valence-corrected chi connectivity index (χ1v) is 17.5. The molecule has 0 radical (unpaired) electrons. The van der Waals surface area contributed by atoms with E-state index in [0.29, 0.717) is 38.0 Å². The summed E-state index contributed by atoms with van der Waals surface area (Å²) in [4.78, 5) is 31.1. The van der Waals surface area contributed by atoms with Gasteiger partial charge in [-0.25, -0.2) is 4.98 Å². The van der Waals surface area contributed by atoms with Crippen LogP contribution in [0.25, 0.3) is 6.08 Å². The number of hydrogen-bond donors (Lipinski definition) is 2. The maximum Gasteiger partial charge on any atom is 0.309 e. The molecule has 4 heterocycles. The van der Waals surface area contributed by atoms with E-state index in [1.807, 2.05) is 32.2 Å². The SMILES string of the molecule is CC(=Cc1csc(C)n1)[C@H]1C[C@H]2[C@H](CCC[C@@H](C)[C@@H](O)[C@H](C)C(=O)C(C)(C)[C@H](O)CC(=O)O1)N2S(=O)(=O)N1CCOCC1. The van der Waals surface area contributed by atoms with Crippen LogP contribution in [0.3, 0.4) is 0 Å². The van der Waals surface area contributed by atoms with Gasteiger partial charge < -0.3 is 19.7 Å². The van der Waals surface area contributed by atoms with Crippen LogP contribution in [0.15, 0.2) is 11.0 Å². The number of esters is 1. The summed E-state index contributed by atoms with van der Waals surface area (Å²) in [6.07, 6.45) is 0.483. The number of ether oxygens (including phenoxy) is 2. The lowest BCUT2D eigenvalue weighted by Gasteiger charge is -2.34. The van der Waals surface area contributed by atoms with E-state index < -0.39 is 52.2 Å². The number of aromatic nitrogens is 1. The molecule has 3 saturated heterocycles. The first-order valence-electron chi connectivity index (χ1n) is 15.2. The van der Waals surface area contributed by atoms with Crippen molar-refractivity contribution in [3.63, 3.8) is 0 Å². The number of Topliss-reactive ketones (excluding diaryl/α,β-unsaturated/α-hetero) is 1. The van der Waals surface area contributed by atoms with Gasteiger partial charge in [-0.05, 0) is 44.3 Å². The molecule has 11 nitrogen and oxygen atoms in total. The normalized spacial score (nSPS) is 35.7. The van der Waals surface area contributed by atoms with Crippen LogP contribution in [-0.2, 0) is 29.3 Å². The van der Waals surface area contributed by atoms with E-state index in [9.17, 15) is 28.2 Å². The monoisotopic (exact) mass is 641 g/mol. The number of hydrogen-bond acceptors (Lipinski definition) is 10. The third-order valence-electron chi connectivity index (χ3n) is 9.32. The maximum absolute atomic E-state index is 13.7. The van der Waals surface area contributed by atoms with Crippen molar-refractivity contribution in [3.8, 4) is 0 Å². The van der Waals surface area contributed by atoms with Crippen molar-refractivity contribution in [3.05, 3.63) is 21.7 Å². The number of fused-ring (bicyclic) bond motifs is 1. The molecule has 0 amide bonds. The van der Waals surface area contributed by atoms with Crippen molar-refractivity contribution in [1.29, 1.82) is 0 Å². The minimum atomic E-state index is -3.77. The molecule has 43 heavy (non-hydrogen) atoms. The van der Waals surface area contributed by atoms with E-state index >= 15 is 0 Å². The van der Waals surface area contributed by atoms with Gasteiger partial charge in [0.15, 0.2) is 0 Å². The van der Waals surface area contributed by atoms with Crippen LogP contribution in [0.4, 0.5) is 0 Å². The Morgan fingerprint density at radius 1 is 1.14 bits per heavy atom. The number of cyclic esters (lactones) is 1. The van der Waals surface area contributed by atoms with Crippen LogP contribution < -0.4 is 0 Å². The van der Waals surface area contributed by atoms with E-state index in [2.05, 4.69) is 4.98 Å². The summed E-state index contributed by atoms with van der Waals surface area (Å²) in [6.45, 7) is 11.7. The van der Waals surface area contributed by atoms with Crippen molar-refractivity contribution in [2.24, 2.45) is 17.3 Å². The Morgan fingerprint density at radius 2 is 1.81 bits per heavy atom. The van der Waals surface area contributed by atoms with E-state index in [4.69, 9.17) is 9.47 Å². The summed E-state index contributed by atoms with van der Waals surface area (Å²) in [5.41, 5.74) is 0.144. The molecule has 8 atom stereocenters. The summed E-state index contributed by atoms with van der Waals surface area (Å²) in [5, 5.41) is 24.9. The fraction of sp³-hybridized carbons (Fsp3) is 0.767. The average molecular weight is 642 g/mol. The molecule has 0 bridgehead atoms. The van der Waals surface area contributed by atoms with Gasteiger partial charge in [0.05, 0.1) is 48.0 Å². The Hall–Kier alpha value is -1.74. The second-order valence-corrected chi connectivity index (χ2v) is 15.8. The Morgan fingerprint density at radius 3 is 2.44 bits per heavy atom. The second kappa shape index (κ2) is 13.7. The number of carbonyl (C=O) groups is 2. The number of aliphatic hydroxyl groups excluding tert-OH is 2. The molecule has 0 saturated carbocycles. The molecule has 0 aromatic carbocycles. The molecule has 4 rings (SSSR count). The van der Waals surface area contributed by atoms with Crippen molar-refractivity contribution in [2.45, 2.75) is 104 Å². The Bertz CT molecular complexity index is 1290. The first kappa shape index (κ1) is 34.1. The molecule has 13 heteroatoms. The van der Waals surface area contributed by atoms with Gasteiger partial charge in [0.25, 0.3) is 10.2 Å². The summed E-state index contributed by atoms with van der Waals surface area (Å²) >= 11 is 1.50. The highest BCUT2D eigenvalue weighted by Crippen LogP contribution is 2.42. The predicted molar refractivity (Wildman–Crippen MR) is 163 cm³/mol. The topological polar surface area (TPSA) is 146 Å². The summed E-state index contributed by atoms with van der Waals surface area (Å²) in [6, 6.07) is -0.676. The number of nitrogens with zero attached hydrogens (tertiary/aromatic N) is 3. The molecule has 1 aromatic rings. The number of ketones is 1. The minimum Gasteiger partial charge on any atom is -0.458 e. The molecule has 0 spiro atoms. The van der Waals surface area contributed by atoms with Crippen molar-refractivity contribution in [2.75, 3.05) is 26.3 Å². The molecule has 3 aliphatic rings. The fourth-order valence-corrected chi connectivity index (χ4v) is 8.85. The summed E-state index contributed by atoms with van der Waals surface area (Å²) in [5.74, 6) is -1.98. The zero-order chi connectivity index (χ0) is 31.7. The van der Waals surface area contributed by atoms with Gasteiger partial charge in [0, 0.05) is 42.9 Å². The lowest BCUT2D eigenvalue weighted by atomic mass is 9.73. The van der Waals surface area contributed by atoms with E-state index in [0.717, 1.165) is 10.7 Å². The zero-order valence-corrected chi connectivity index (χ0v) is 27.7. The second-order valence-electron chi connectivity index (χ2n) is 12.9. The number of aliphatic hydroxyl groups is 2. The summed E-state index contributed by atoms with van der Waals surface area (Å²) < 4.78 is 41.8. The van der Waals surface area contributed by atoms with Crippen LogP contribution in [-0.4, -0.2) is 101 Å². The molecule has 0 aliphatic carbocycles. The molecular weight excluding hydrogens is 594 g/mol. The van der Waals surface area contributed by atoms with Gasteiger partial charge >= 0.3 is 5.97 Å². The Balaban J connectivity index is 1.66. The van der Waals surface area contributed by atoms with Crippen LogP contribution in [0, 0.1) is 24.2 Å². The van der Waals surface area contributed by atoms with Crippen LogP contribution in [0.2, 0.25) is 0 Å². The molecule has 1 aromatic heterocycles. The quantitative estimate of drug-likeness (QED) is 0.374. The van der Waals surface area contributed by atoms with Gasteiger partial charge in [-0.2, -0.15) is 17.0 Å². The van der Waals surface area contributed by atoms with Crippen molar-refractivity contribution >= 4 is 39.4 Å². The molecular formula is C30H47N3O8S2. The highest BCUT2D eigenvalue weighted by atomic mass is 32.2. The van der Waals surface area contributed by atoms with E-state index in [-0.39, 0.29) is 43.3 Å². The Kier molecular flexibility index (Phi) is 10.9. The highest BCUT2D eigenvalue weighted by Gasteiger charge is 2.57. The van der Waals surface area contributed by atoms with Crippen LogP contribution >= 0.6 is 11.3 Å². The number of rotatable bonds is 4. The largest absolute Gasteiger partial charge is 0.458 e. The minimum absolute atomic E-state index is 0.217. The highest BCUT2D eigenvalue weighted by molar-refractivity contribution is 7.87. The number of carbonyl (C=O) groups excluding carboxylic acids is 2. The average Bonchev–Trinajstić information content (AvgIpc) is 3.50. The van der Waals surface area contributed by atoms with Gasteiger partial charge in [0.2, 0.25) is 0 Å². The van der Waals surface area contributed by atoms with E-state index in [1.165, 1.54) is 19.9 Å². The Labute approximate surface area is 259 Å². The smallest absolute Gasteiger partial charge is 0.309 e. The standard InChI is InChI=1S/C30H47N3O8S2/c1-18-8-7-9-23-24(33(23)43(38,39)32-10-12-40-13-11-32)15-25(19(2)14-22-17-42-21(4)31-22)41-27(35)16-26(34)30(5,6)29(37)20(3)28(18)36/h14,17-18,20,23-26,28,34,36H,7-13,15-16H2,1-6H3/t18-,20+,23+,24+,25-,26-,28-,33?/m1/s1. The summed E-state index contributed by atoms with van der Waals surface area (Å²) in [7, 11) is -3.77. The third-order valence-corrected chi connectivity index (χ3v) is 12.2. The third kappa shape index (κ3) is 7.74. The zero-order valence-electron chi connectivity index (χ0n) is 26.1. The lowest BCUT2D eigenvalue weighted by molar-refractivity contribution is -0.154. The number of thiazole rings is 1. The number of morpholine rings is 1. The maximum atomic E-state index is 13.7. The molecule has 2 N–H and O–H groups in total. The van der Waals surface area contributed by atoms with Crippen LogP contribution in [0.1, 0.15) is 77.4 Å². The van der Waals surface area contributed by atoms with Crippen molar-refractivity contribution < 1.29 is 37.7 Å². The predicted octanol–water partition coefficient (Wildman–Crippen LogP) is 2.95. The van der Waals surface area contributed by atoms with Crippen LogP contribution in [0.5, 0.6) is 0 Å². The fourth-order valence-electron chi connectivity index (χ4n) is 6.30. The molecule has 3 aliphatic heterocycles. The van der Waals surface area contributed by atoms with Gasteiger partial charge in [-0.3, -0.25) is 9.59 Å². The van der Waals surface area contributed by atoms with Crippen molar-refractivity contribution in [1.82, 2.24) is 13.6 Å². The molecule has 242 valence electrons. The van der Waals surface area contributed by atoms with Gasteiger partial charge in [-0.15, -0.1) is 11.3 Å². The van der Waals surface area contributed by atoms with Gasteiger partial charge in [-0.1, -0.05) is 34.1 Å². The lowest BCUT2D eigenvalue weighted by Crippen LogP contribution is -2.45. The first-order chi connectivity index (χ1) is 20.1. The van der Waals surface area contributed by atoms with Gasteiger partial charge in [0.1, 0.15) is 11.9 Å². The molecule has 1 unspecified atom stereocenters. The molecule has 3 fully saturated rings.